The van der Waals surface area contributed by atoms with Gasteiger partial charge in [0, 0.05) is 13.1 Å². The van der Waals surface area contributed by atoms with E-state index < -0.39 is 10.0 Å². The fourth-order valence-corrected chi connectivity index (χ4v) is 6.07. The third-order valence-corrected chi connectivity index (χ3v) is 7.62. The van der Waals surface area contributed by atoms with Crippen molar-refractivity contribution in [1.29, 1.82) is 0 Å². The maximum atomic E-state index is 12.4. The Kier molecular flexibility index (Phi) is 4.48. The zero-order chi connectivity index (χ0) is 13.3. The molecule has 0 bridgehead atoms. The molecule has 4 nitrogen and oxygen atoms in total. The average Bonchev–Trinajstić information content (AvgIpc) is 2.88. The lowest BCUT2D eigenvalue weighted by atomic mass is 10.1. The van der Waals surface area contributed by atoms with Gasteiger partial charge in [-0.05, 0) is 60.4 Å². The summed E-state index contributed by atoms with van der Waals surface area (Å²) >= 11 is 4.67. The van der Waals surface area contributed by atoms with Gasteiger partial charge in [-0.3, -0.25) is 0 Å². The molecular formula is C11H17BrN2O2S2. The largest absolute Gasteiger partial charge is 0.319 e. The minimum atomic E-state index is -3.30. The smallest absolute Gasteiger partial charge is 0.252 e. The first-order valence-electron chi connectivity index (χ1n) is 5.86. The molecule has 2 rings (SSSR count). The molecule has 0 saturated carbocycles. The van der Waals surface area contributed by atoms with Crippen molar-refractivity contribution in [2.75, 3.05) is 26.7 Å². The van der Waals surface area contributed by atoms with Crippen molar-refractivity contribution in [3.63, 3.8) is 0 Å². The minimum Gasteiger partial charge on any atom is -0.319 e. The molecule has 1 aromatic rings. The first-order chi connectivity index (χ1) is 8.45. The van der Waals surface area contributed by atoms with Crippen LogP contribution in [0, 0.1) is 12.8 Å². The number of hydrogen-bond acceptors (Lipinski definition) is 4. The van der Waals surface area contributed by atoms with Crippen LogP contribution in [0.25, 0.3) is 0 Å². The molecule has 1 fully saturated rings. The second-order valence-corrected chi connectivity index (χ2v) is 9.13. The van der Waals surface area contributed by atoms with Crippen molar-refractivity contribution >= 4 is 37.3 Å². The second kappa shape index (κ2) is 5.58. The Balaban J connectivity index is 2.17. The highest BCUT2D eigenvalue weighted by Crippen LogP contribution is 2.33. The van der Waals surface area contributed by atoms with E-state index in [1.54, 1.807) is 10.4 Å². The zero-order valence-corrected chi connectivity index (χ0v) is 13.7. The number of thiophene rings is 1. The predicted molar refractivity (Wildman–Crippen MR) is 77.5 cm³/mol. The van der Waals surface area contributed by atoms with E-state index in [4.69, 9.17) is 0 Å². The molecule has 18 heavy (non-hydrogen) atoms. The maximum absolute atomic E-state index is 12.4. The fourth-order valence-electron chi connectivity index (χ4n) is 2.16. The molecule has 0 unspecified atom stereocenters. The van der Waals surface area contributed by atoms with E-state index in [0.717, 1.165) is 22.3 Å². The Morgan fingerprint density at radius 1 is 1.61 bits per heavy atom. The first kappa shape index (κ1) is 14.5. The Morgan fingerprint density at radius 2 is 2.33 bits per heavy atom. The lowest BCUT2D eigenvalue weighted by molar-refractivity contribution is 0.452. The van der Waals surface area contributed by atoms with Crippen LogP contribution in [0.1, 0.15) is 12.0 Å². The quantitative estimate of drug-likeness (QED) is 0.901. The van der Waals surface area contributed by atoms with E-state index >= 15 is 0 Å². The third kappa shape index (κ3) is 2.80. The van der Waals surface area contributed by atoms with Crippen LogP contribution in [0.4, 0.5) is 0 Å². The van der Waals surface area contributed by atoms with Crippen molar-refractivity contribution in [3.8, 4) is 0 Å². The van der Waals surface area contributed by atoms with Crippen LogP contribution >= 0.6 is 27.3 Å². The average molecular weight is 353 g/mol. The van der Waals surface area contributed by atoms with Gasteiger partial charge in [0.25, 0.3) is 10.0 Å². The van der Waals surface area contributed by atoms with E-state index in [1.807, 2.05) is 14.0 Å². The van der Waals surface area contributed by atoms with Crippen molar-refractivity contribution < 1.29 is 8.42 Å². The van der Waals surface area contributed by atoms with E-state index in [9.17, 15) is 8.42 Å². The molecule has 0 aromatic carbocycles. The summed E-state index contributed by atoms with van der Waals surface area (Å²) in [5.74, 6) is 0.425. The lowest BCUT2D eigenvalue weighted by Crippen LogP contribution is -2.30. The molecule has 102 valence electrons. The molecule has 0 radical (unpaired) electrons. The van der Waals surface area contributed by atoms with Crippen LogP contribution in [-0.4, -0.2) is 39.4 Å². The van der Waals surface area contributed by atoms with Crippen molar-refractivity contribution in [1.82, 2.24) is 9.62 Å². The number of nitrogens with zero attached hydrogens (tertiary/aromatic N) is 1. The molecule has 1 atom stereocenters. The molecule has 1 aliphatic heterocycles. The molecular weight excluding hydrogens is 336 g/mol. The van der Waals surface area contributed by atoms with E-state index in [0.29, 0.717) is 23.2 Å². The van der Waals surface area contributed by atoms with Gasteiger partial charge in [0.1, 0.15) is 4.21 Å². The van der Waals surface area contributed by atoms with Crippen LogP contribution in [0.5, 0.6) is 0 Å². The number of aryl methyl sites for hydroxylation is 1. The summed E-state index contributed by atoms with van der Waals surface area (Å²) in [6, 6.07) is 1.75. The minimum absolute atomic E-state index is 0.425. The van der Waals surface area contributed by atoms with E-state index in [1.165, 1.54) is 11.3 Å². The molecule has 0 amide bonds. The van der Waals surface area contributed by atoms with E-state index in [2.05, 4.69) is 21.2 Å². The van der Waals surface area contributed by atoms with Gasteiger partial charge in [-0.15, -0.1) is 11.3 Å². The van der Waals surface area contributed by atoms with Crippen molar-refractivity contribution in [3.05, 3.63) is 15.4 Å². The highest BCUT2D eigenvalue weighted by atomic mass is 79.9. The first-order valence-corrected chi connectivity index (χ1v) is 8.90. The fraction of sp³-hybridized carbons (Fsp3) is 0.636. The summed E-state index contributed by atoms with van der Waals surface area (Å²) < 4.78 is 27.8. The number of sulfonamides is 1. The van der Waals surface area contributed by atoms with Crippen LogP contribution in [0.2, 0.25) is 0 Å². The van der Waals surface area contributed by atoms with Gasteiger partial charge >= 0.3 is 0 Å². The van der Waals surface area contributed by atoms with Crippen LogP contribution < -0.4 is 5.32 Å². The number of halogens is 1. The number of hydrogen-bond donors (Lipinski definition) is 1. The molecule has 0 spiro atoms. The second-order valence-electron chi connectivity index (χ2n) is 4.60. The Hall–Kier alpha value is 0.0500. The van der Waals surface area contributed by atoms with Gasteiger partial charge in [0.2, 0.25) is 0 Å². The summed E-state index contributed by atoms with van der Waals surface area (Å²) in [6.45, 7) is 4.04. The normalized spacial score (nSPS) is 21.6. The summed E-state index contributed by atoms with van der Waals surface area (Å²) in [4.78, 5) is 0. The predicted octanol–water partition coefficient (Wildman–Crippen LogP) is 2.05. The molecule has 1 saturated heterocycles. The molecule has 1 aliphatic rings. The Morgan fingerprint density at radius 3 is 2.89 bits per heavy atom. The third-order valence-electron chi connectivity index (χ3n) is 3.17. The summed E-state index contributed by atoms with van der Waals surface area (Å²) in [5.41, 5.74) is 0.976. The monoisotopic (exact) mass is 352 g/mol. The molecule has 2 heterocycles. The SMILES string of the molecule is CNC[C@@H]1CCN(S(=O)(=O)c2cc(C)c(Br)s2)C1. The van der Waals surface area contributed by atoms with E-state index in [-0.39, 0.29) is 0 Å². The standard InChI is InChI=1S/C11H17BrN2O2S2/c1-8-5-10(17-11(8)12)18(15,16)14-4-3-9(7-14)6-13-2/h5,9,13H,3-4,6-7H2,1-2H3/t9-/m0/s1. The van der Waals surface area contributed by atoms with Gasteiger partial charge < -0.3 is 5.32 Å². The van der Waals surface area contributed by atoms with Gasteiger partial charge in [-0.1, -0.05) is 0 Å². The van der Waals surface area contributed by atoms with Gasteiger partial charge in [-0.2, -0.15) is 4.31 Å². The summed E-state index contributed by atoms with van der Waals surface area (Å²) in [6.07, 6.45) is 0.936. The summed E-state index contributed by atoms with van der Waals surface area (Å²) in [5, 5.41) is 3.11. The number of nitrogens with one attached hydrogen (secondary N) is 1. The summed E-state index contributed by atoms with van der Waals surface area (Å²) in [7, 11) is -1.40. The topological polar surface area (TPSA) is 49.4 Å². The van der Waals surface area contributed by atoms with Crippen LogP contribution in [0.15, 0.2) is 14.1 Å². The Bertz CT molecular complexity index is 508. The van der Waals surface area contributed by atoms with Gasteiger partial charge in [-0.25, -0.2) is 8.42 Å². The van der Waals surface area contributed by atoms with Gasteiger partial charge in [0.15, 0.2) is 0 Å². The molecule has 1 aromatic heterocycles. The lowest BCUT2D eigenvalue weighted by Gasteiger charge is -2.15. The maximum Gasteiger partial charge on any atom is 0.252 e. The number of rotatable bonds is 4. The molecule has 0 aliphatic carbocycles. The van der Waals surface area contributed by atoms with Crippen molar-refractivity contribution in [2.45, 2.75) is 17.6 Å². The van der Waals surface area contributed by atoms with Crippen LogP contribution in [0.3, 0.4) is 0 Å². The molecule has 7 heteroatoms. The van der Waals surface area contributed by atoms with Gasteiger partial charge in [0.05, 0.1) is 3.79 Å². The zero-order valence-electron chi connectivity index (χ0n) is 10.4. The highest BCUT2D eigenvalue weighted by molar-refractivity contribution is 9.11. The van der Waals surface area contributed by atoms with Crippen molar-refractivity contribution in [2.24, 2.45) is 5.92 Å². The highest BCUT2D eigenvalue weighted by Gasteiger charge is 2.33. The Labute approximate surface area is 121 Å². The molecule has 1 N–H and O–H groups in total. The van der Waals surface area contributed by atoms with Crippen LogP contribution in [-0.2, 0) is 10.0 Å².